The Morgan fingerprint density at radius 1 is 0.714 bits per heavy atom. The van der Waals surface area contributed by atoms with Crippen molar-refractivity contribution in [3.8, 4) is 6.07 Å². The van der Waals surface area contributed by atoms with Crippen molar-refractivity contribution < 1.29 is 0 Å². The van der Waals surface area contributed by atoms with E-state index in [9.17, 15) is 0 Å². The molecule has 1 heteroatoms. The summed E-state index contributed by atoms with van der Waals surface area (Å²) in [6.07, 6.45) is 32.8. The molecule has 0 amide bonds. The lowest BCUT2D eigenvalue weighted by Gasteiger charge is -2.38. The molecule has 0 radical (unpaired) electrons. The highest BCUT2D eigenvalue weighted by Crippen LogP contribution is 2.43. The Labute approximate surface area is 217 Å². The van der Waals surface area contributed by atoms with Crippen LogP contribution in [0.5, 0.6) is 0 Å². The Hall–Kier alpha value is -1.81. The fourth-order valence-corrected chi connectivity index (χ4v) is 6.72. The molecular formula is C34H51N. The first-order valence-electron chi connectivity index (χ1n) is 15.1. The molecule has 192 valence electrons. The molecule has 0 unspecified atom stereocenters. The highest BCUT2D eigenvalue weighted by atomic mass is 14.4. The molecule has 2 fully saturated rings. The summed E-state index contributed by atoms with van der Waals surface area (Å²) >= 11 is 0. The van der Waals surface area contributed by atoms with Gasteiger partial charge in [0, 0.05) is 6.08 Å². The zero-order valence-electron chi connectivity index (χ0n) is 22.6. The fourth-order valence-electron chi connectivity index (χ4n) is 6.72. The summed E-state index contributed by atoms with van der Waals surface area (Å²) in [4.78, 5) is 0. The van der Waals surface area contributed by atoms with E-state index >= 15 is 0 Å². The molecule has 0 heterocycles. The number of nitriles is 1. The predicted molar refractivity (Wildman–Crippen MR) is 151 cm³/mol. The maximum Gasteiger partial charge on any atom is 0.0912 e. The van der Waals surface area contributed by atoms with Crippen molar-refractivity contribution in [2.24, 2.45) is 23.7 Å². The largest absolute Gasteiger partial charge is 0.193 e. The van der Waals surface area contributed by atoms with Crippen LogP contribution in [0.25, 0.3) is 0 Å². The quantitative estimate of drug-likeness (QED) is 0.150. The highest BCUT2D eigenvalue weighted by molar-refractivity contribution is 5.22. The van der Waals surface area contributed by atoms with Gasteiger partial charge in [0.2, 0.25) is 0 Å². The summed E-state index contributed by atoms with van der Waals surface area (Å²) in [7, 11) is 0. The van der Waals surface area contributed by atoms with Gasteiger partial charge >= 0.3 is 0 Å². The first-order chi connectivity index (χ1) is 17.3. The van der Waals surface area contributed by atoms with Gasteiger partial charge in [-0.25, -0.2) is 0 Å². The van der Waals surface area contributed by atoms with Crippen LogP contribution in [-0.4, -0.2) is 0 Å². The average molecular weight is 474 g/mol. The number of hydrogen-bond donors (Lipinski definition) is 0. The Morgan fingerprint density at radius 3 is 1.80 bits per heavy atom. The van der Waals surface area contributed by atoms with Crippen molar-refractivity contribution in [3.63, 3.8) is 0 Å². The molecule has 3 rings (SSSR count). The Balaban J connectivity index is 1.22. The smallest absolute Gasteiger partial charge is 0.0912 e. The van der Waals surface area contributed by atoms with E-state index in [4.69, 9.17) is 5.26 Å². The predicted octanol–water partition coefficient (Wildman–Crippen LogP) is 10.2. The maximum atomic E-state index is 8.52. The number of hydrogen-bond acceptors (Lipinski definition) is 1. The van der Waals surface area contributed by atoms with Crippen LogP contribution in [0, 0.1) is 35.0 Å². The van der Waals surface area contributed by atoms with Crippen LogP contribution < -0.4 is 0 Å². The number of unbranched alkanes of at least 4 members (excludes halogenated alkanes) is 3. The van der Waals surface area contributed by atoms with Gasteiger partial charge < -0.3 is 0 Å². The van der Waals surface area contributed by atoms with Crippen LogP contribution in [0.15, 0.2) is 48.6 Å². The van der Waals surface area contributed by atoms with Crippen LogP contribution in [0.4, 0.5) is 0 Å². The summed E-state index contributed by atoms with van der Waals surface area (Å²) < 4.78 is 0. The fraction of sp³-hybridized carbons (Fsp3) is 0.676. The summed E-state index contributed by atoms with van der Waals surface area (Å²) in [5, 5.41) is 8.52. The molecule has 0 spiro atoms. The van der Waals surface area contributed by atoms with E-state index in [1.54, 1.807) is 6.08 Å². The Morgan fingerprint density at radius 2 is 1.26 bits per heavy atom. The highest BCUT2D eigenvalue weighted by Gasteiger charge is 2.30. The minimum Gasteiger partial charge on any atom is -0.193 e. The van der Waals surface area contributed by atoms with Crippen molar-refractivity contribution in [2.75, 3.05) is 0 Å². The lowest BCUT2D eigenvalue weighted by molar-refractivity contribution is 0.140. The Bertz CT molecular complexity index is 764. The minimum absolute atomic E-state index is 0.935. The number of nitrogens with zero attached hydrogens (tertiary/aromatic N) is 1. The van der Waals surface area contributed by atoms with Crippen molar-refractivity contribution in [3.05, 3.63) is 59.7 Å². The van der Waals surface area contributed by atoms with E-state index in [0.29, 0.717) is 0 Å². The van der Waals surface area contributed by atoms with Gasteiger partial charge in [-0.3, -0.25) is 0 Å². The topological polar surface area (TPSA) is 23.8 Å². The van der Waals surface area contributed by atoms with Gasteiger partial charge in [0.05, 0.1) is 6.07 Å². The van der Waals surface area contributed by atoms with E-state index < -0.39 is 0 Å². The van der Waals surface area contributed by atoms with Crippen LogP contribution >= 0.6 is 0 Å². The molecule has 2 saturated carbocycles. The monoisotopic (exact) mass is 473 g/mol. The first kappa shape index (κ1) is 27.8. The van der Waals surface area contributed by atoms with Gasteiger partial charge in [-0.2, -0.15) is 5.26 Å². The molecular weight excluding hydrogens is 422 g/mol. The number of rotatable bonds is 14. The van der Waals surface area contributed by atoms with Crippen molar-refractivity contribution >= 4 is 0 Å². The van der Waals surface area contributed by atoms with Gasteiger partial charge in [0.1, 0.15) is 0 Å². The van der Waals surface area contributed by atoms with Crippen LogP contribution in [-0.2, 0) is 12.8 Å². The normalized spacial score (nSPS) is 25.3. The van der Waals surface area contributed by atoms with Crippen LogP contribution in [0.3, 0.4) is 0 Å². The van der Waals surface area contributed by atoms with E-state index in [0.717, 1.165) is 23.7 Å². The lowest BCUT2D eigenvalue weighted by Crippen LogP contribution is -2.25. The average Bonchev–Trinajstić information content (AvgIpc) is 2.90. The maximum absolute atomic E-state index is 8.52. The van der Waals surface area contributed by atoms with E-state index in [2.05, 4.69) is 37.3 Å². The summed E-state index contributed by atoms with van der Waals surface area (Å²) in [5.74, 6) is 3.99. The molecule has 1 nitrogen and oxygen atoms in total. The molecule has 0 N–H and O–H groups in total. The van der Waals surface area contributed by atoms with E-state index in [1.807, 2.05) is 18.2 Å². The zero-order valence-corrected chi connectivity index (χ0v) is 22.6. The number of aryl methyl sites for hydroxylation is 2. The van der Waals surface area contributed by atoms with Crippen molar-refractivity contribution in [2.45, 2.75) is 122 Å². The Kier molecular flexibility index (Phi) is 13.3. The summed E-state index contributed by atoms with van der Waals surface area (Å²) in [6.45, 7) is 2.28. The van der Waals surface area contributed by atoms with E-state index in [-0.39, 0.29) is 0 Å². The molecule has 0 saturated heterocycles. The summed E-state index contributed by atoms with van der Waals surface area (Å²) in [6, 6.07) is 11.5. The zero-order chi connectivity index (χ0) is 24.6. The molecule has 35 heavy (non-hydrogen) atoms. The molecule has 2 aliphatic rings. The third-order valence-electron chi connectivity index (χ3n) is 9.03. The first-order valence-corrected chi connectivity index (χ1v) is 15.1. The van der Waals surface area contributed by atoms with Crippen molar-refractivity contribution in [1.82, 2.24) is 0 Å². The van der Waals surface area contributed by atoms with Gasteiger partial charge in [0.25, 0.3) is 0 Å². The molecule has 1 aromatic rings. The number of allylic oxidation sites excluding steroid dienone is 4. The second kappa shape index (κ2) is 16.8. The van der Waals surface area contributed by atoms with Gasteiger partial charge in [0.15, 0.2) is 0 Å². The second-order valence-corrected chi connectivity index (χ2v) is 11.6. The summed E-state index contributed by atoms with van der Waals surface area (Å²) in [5.41, 5.74) is 3.06. The molecule has 2 aliphatic carbocycles. The standard InChI is InChI=1S/C34H51N/c1-2-3-7-12-29-16-18-30(19-17-29)14-9-10-15-32-22-26-34(27-23-32)33-24-20-31(21-25-33)13-8-5-4-6-11-28-35/h4-6,11,16-19,31-34H,2-3,7-10,12-15,20-27H2,1H3. The third-order valence-corrected chi connectivity index (χ3v) is 9.03. The van der Waals surface area contributed by atoms with Crippen molar-refractivity contribution in [1.29, 1.82) is 5.26 Å². The third kappa shape index (κ3) is 10.8. The SMILES string of the molecule is CCCCCc1ccc(CCCCC2CCC(C3CCC(CCC=CC=CC#N)CC3)CC2)cc1. The minimum atomic E-state index is 0.935. The van der Waals surface area contributed by atoms with Crippen LogP contribution in [0.2, 0.25) is 0 Å². The number of benzene rings is 1. The van der Waals surface area contributed by atoms with Gasteiger partial charge in [-0.05, 0) is 99.0 Å². The van der Waals surface area contributed by atoms with Gasteiger partial charge in [-0.15, -0.1) is 0 Å². The van der Waals surface area contributed by atoms with Crippen LogP contribution in [0.1, 0.15) is 121 Å². The molecule has 1 aromatic carbocycles. The molecule has 0 aliphatic heterocycles. The lowest BCUT2D eigenvalue weighted by atomic mass is 9.68. The van der Waals surface area contributed by atoms with E-state index in [1.165, 1.54) is 127 Å². The molecule has 0 atom stereocenters. The van der Waals surface area contributed by atoms with Gasteiger partial charge in [-0.1, -0.05) is 101 Å². The second-order valence-electron chi connectivity index (χ2n) is 11.6. The molecule has 0 bridgehead atoms. The molecule has 0 aromatic heterocycles.